The summed E-state index contributed by atoms with van der Waals surface area (Å²) in [7, 11) is 0. The zero-order chi connectivity index (χ0) is 12.8. The number of nitrogens with two attached hydrogens (primary N) is 1. The summed E-state index contributed by atoms with van der Waals surface area (Å²) in [6.45, 7) is 3.69. The summed E-state index contributed by atoms with van der Waals surface area (Å²) >= 11 is 0. The fourth-order valence-corrected chi connectivity index (χ4v) is 1.72. The van der Waals surface area contributed by atoms with Crippen molar-refractivity contribution < 1.29 is 4.79 Å². The smallest absolute Gasteiger partial charge is 0.217 e. The molecule has 0 saturated carbocycles. The highest BCUT2D eigenvalue weighted by Crippen LogP contribution is 2.08. The summed E-state index contributed by atoms with van der Waals surface area (Å²) in [5, 5.41) is 0. The Kier molecular flexibility index (Phi) is 12.2. The van der Waals surface area contributed by atoms with Crippen molar-refractivity contribution in [2.45, 2.75) is 64.2 Å². The second kappa shape index (κ2) is 13.0. The molecular formula is C15H27NO. The Morgan fingerprint density at radius 2 is 1.47 bits per heavy atom. The van der Waals surface area contributed by atoms with Crippen molar-refractivity contribution in [2.75, 3.05) is 0 Å². The van der Waals surface area contributed by atoms with E-state index in [0.29, 0.717) is 6.42 Å². The Bertz CT molecular complexity index is 221. The van der Waals surface area contributed by atoms with Gasteiger partial charge >= 0.3 is 0 Å². The third kappa shape index (κ3) is 14.9. The molecule has 0 heterocycles. The highest BCUT2D eigenvalue weighted by Gasteiger charge is 1.94. The van der Waals surface area contributed by atoms with Crippen LogP contribution in [0.4, 0.5) is 0 Å². The van der Waals surface area contributed by atoms with Crippen molar-refractivity contribution in [1.29, 1.82) is 0 Å². The molecule has 0 aliphatic carbocycles. The van der Waals surface area contributed by atoms with Gasteiger partial charge in [0.15, 0.2) is 0 Å². The van der Waals surface area contributed by atoms with Crippen LogP contribution in [-0.2, 0) is 4.79 Å². The van der Waals surface area contributed by atoms with E-state index in [1.165, 1.54) is 32.1 Å². The first-order valence-electron chi connectivity index (χ1n) is 6.81. The van der Waals surface area contributed by atoms with E-state index < -0.39 is 0 Å². The molecular weight excluding hydrogens is 210 g/mol. The van der Waals surface area contributed by atoms with Crippen molar-refractivity contribution in [3.8, 4) is 0 Å². The van der Waals surface area contributed by atoms with Crippen LogP contribution in [-0.4, -0.2) is 5.91 Å². The Labute approximate surface area is 106 Å². The largest absolute Gasteiger partial charge is 0.370 e. The van der Waals surface area contributed by atoms with Crippen molar-refractivity contribution in [3.63, 3.8) is 0 Å². The molecule has 2 N–H and O–H groups in total. The number of unbranched alkanes of at least 4 members (excludes halogenated alkanes) is 7. The van der Waals surface area contributed by atoms with Crippen LogP contribution < -0.4 is 5.73 Å². The van der Waals surface area contributed by atoms with Crippen molar-refractivity contribution in [3.05, 3.63) is 24.8 Å². The fraction of sp³-hybridized carbons (Fsp3) is 0.667. The van der Waals surface area contributed by atoms with Crippen molar-refractivity contribution in [2.24, 2.45) is 5.73 Å². The minimum atomic E-state index is -0.172. The number of primary amides is 1. The Hall–Kier alpha value is -1.05. The lowest BCUT2D eigenvalue weighted by atomic mass is 10.1. The molecule has 0 aromatic rings. The van der Waals surface area contributed by atoms with Gasteiger partial charge in [-0.15, -0.1) is 6.58 Å². The van der Waals surface area contributed by atoms with Gasteiger partial charge in [0.05, 0.1) is 0 Å². The van der Waals surface area contributed by atoms with Gasteiger partial charge in [-0.1, -0.05) is 43.9 Å². The molecule has 0 aliphatic heterocycles. The summed E-state index contributed by atoms with van der Waals surface area (Å²) in [4.78, 5) is 10.5. The molecule has 1 amide bonds. The predicted octanol–water partition coefficient (Wildman–Crippen LogP) is 4.11. The van der Waals surface area contributed by atoms with Gasteiger partial charge in [0, 0.05) is 6.42 Å². The molecule has 0 aromatic carbocycles. The van der Waals surface area contributed by atoms with Crippen LogP contribution in [0.5, 0.6) is 0 Å². The van der Waals surface area contributed by atoms with E-state index in [2.05, 4.69) is 18.7 Å². The van der Waals surface area contributed by atoms with Crippen LogP contribution in [0.15, 0.2) is 24.8 Å². The van der Waals surface area contributed by atoms with Gasteiger partial charge in [0.1, 0.15) is 0 Å². The maximum atomic E-state index is 10.5. The molecule has 0 spiro atoms. The molecule has 0 saturated heterocycles. The molecule has 17 heavy (non-hydrogen) atoms. The van der Waals surface area contributed by atoms with Crippen molar-refractivity contribution in [1.82, 2.24) is 0 Å². The predicted molar refractivity (Wildman–Crippen MR) is 74.7 cm³/mol. The monoisotopic (exact) mass is 237 g/mol. The van der Waals surface area contributed by atoms with E-state index in [1.807, 2.05) is 6.08 Å². The lowest BCUT2D eigenvalue weighted by molar-refractivity contribution is -0.118. The van der Waals surface area contributed by atoms with E-state index in [-0.39, 0.29) is 5.91 Å². The fourth-order valence-electron chi connectivity index (χ4n) is 1.72. The van der Waals surface area contributed by atoms with Gasteiger partial charge in [0.25, 0.3) is 0 Å². The highest BCUT2D eigenvalue weighted by atomic mass is 16.1. The molecule has 0 rings (SSSR count). The first-order valence-corrected chi connectivity index (χ1v) is 6.81. The van der Waals surface area contributed by atoms with Gasteiger partial charge in [-0.3, -0.25) is 4.79 Å². The van der Waals surface area contributed by atoms with Crippen LogP contribution >= 0.6 is 0 Å². The van der Waals surface area contributed by atoms with E-state index in [0.717, 1.165) is 25.7 Å². The highest BCUT2D eigenvalue weighted by molar-refractivity contribution is 5.73. The average Bonchev–Trinajstić information content (AvgIpc) is 2.30. The number of hydrogen-bond donors (Lipinski definition) is 1. The van der Waals surface area contributed by atoms with Crippen LogP contribution in [0.1, 0.15) is 64.2 Å². The molecule has 0 atom stereocenters. The summed E-state index contributed by atoms with van der Waals surface area (Å²) in [5.74, 6) is -0.172. The third-order valence-corrected chi connectivity index (χ3v) is 2.75. The zero-order valence-corrected chi connectivity index (χ0v) is 11.0. The van der Waals surface area contributed by atoms with Gasteiger partial charge in [0.2, 0.25) is 5.91 Å². The normalized spacial score (nSPS) is 10.8. The van der Waals surface area contributed by atoms with Crippen LogP contribution in [0.25, 0.3) is 0 Å². The van der Waals surface area contributed by atoms with E-state index in [9.17, 15) is 4.79 Å². The summed E-state index contributed by atoms with van der Waals surface area (Å²) in [6.07, 6.45) is 17.6. The van der Waals surface area contributed by atoms with E-state index in [4.69, 9.17) is 5.73 Å². The van der Waals surface area contributed by atoms with Crippen LogP contribution in [0.3, 0.4) is 0 Å². The lowest BCUT2D eigenvalue weighted by Gasteiger charge is -1.99. The molecule has 0 bridgehead atoms. The molecule has 0 aromatic heterocycles. The first kappa shape index (κ1) is 16.0. The molecule has 0 radical (unpaired) electrons. The zero-order valence-electron chi connectivity index (χ0n) is 11.0. The van der Waals surface area contributed by atoms with Crippen LogP contribution in [0, 0.1) is 0 Å². The number of allylic oxidation sites excluding steroid dienone is 3. The topological polar surface area (TPSA) is 43.1 Å². The molecule has 2 nitrogen and oxygen atoms in total. The average molecular weight is 237 g/mol. The number of rotatable bonds is 12. The summed E-state index contributed by atoms with van der Waals surface area (Å²) < 4.78 is 0. The third-order valence-electron chi connectivity index (χ3n) is 2.75. The number of carbonyl (C=O) groups is 1. The molecule has 0 aliphatic rings. The molecule has 0 unspecified atom stereocenters. The summed E-state index contributed by atoms with van der Waals surface area (Å²) in [5.41, 5.74) is 5.07. The maximum absolute atomic E-state index is 10.5. The van der Waals surface area contributed by atoms with E-state index in [1.54, 1.807) is 0 Å². The molecule has 2 heteroatoms. The van der Waals surface area contributed by atoms with Gasteiger partial charge in [-0.2, -0.15) is 0 Å². The van der Waals surface area contributed by atoms with Gasteiger partial charge in [-0.05, 0) is 32.1 Å². The summed E-state index contributed by atoms with van der Waals surface area (Å²) in [6, 6.07) is 0. The maximum Gasteiger partial charge on any atom is 0.217 e. The number of amides is 1. The lowest BCUT2D eigenvalue weighted by Crippen LogP contribution is -2.09. The Balaban J connectivity index is 3.05. The van der Waals surface area contributed by atoms with Crippen molar-refractivity contribution >= 4 is 5.91 Å². The minimum Gasteiger partial charge on any atom is -0.370 e. The minimum absolute atomic E-state index is 0.172. The second-order valence-electron chi connectivity index (χ2n) is 4.46. The first-order chi connectivity index (χ1) is 8.27. The Morgan fingerprint density at radius 1 is 0.882 bits per heavy atom. The van der Waals surface area contributed by atoms with E-state index >= 15 is 0 Å². The van der Waals surface area contributed by atoms with Crippen LogP contribution in [0.2, 0.25) is 0 Å². The second-order valence-corrected chi connectivity index (χ2v) is 4.46. The van der Waals surface area contributed by atoms with Gasteiger partial charge in [-0.25, -0.2) is 0 Å². The Morgan fingerprint density at radius 3 is 2.12 bits per heavy atom. The molecule has 0 fully saturated rings. The quantitative estimate of drug-likeness (QED) is 0.403. The molecule has 98 valence electrons. The number of hydrogen-bond acceptors (Lipinski definition) is 1. The number of carbonyl (C=O) groups excluding carboxylic acids is 1. The SMILES string of the molecule is C=CCCC=CCCCCCCCCC(N)=O. The standard InChI is InChI=1S/C15H27NO/c1-2-3-4-5-6-7-8-9-10-11-12-13-14-15(16)17/h2,5-6H,1,3-4,7-14H2,(H2,16,17). The van der Waals surface area contributed by atoms with Gasteiger partial charge < -0.3 is 5.73 Å².